The maximum Gasteiger partial charge on any atom is 0.159 e. The lowest BCUT2D eigenvalue weighted by atomic mass is 10.0. The number of alkyl halides is 1. The van der Waals surface area contributed by atoms with E-state index in [0.717, 1.165) is 12.1 Å². The molecule has 2 aromatic rings. The van der Waals surface area contributed by atoms with Crippen molar-refractivity contribution in [2.24, 2.45) is 0 Å². The fourth-order valence-electron chi connectivity index (χ4n) is 1.57. The van der Waals surface area contributed by atoms with Crippen LogP contribution in [0.2, 0.25) is 0 Å². The molecule has 1 unspecified atom stereocenters. The summed E-state index contributed by atoms with van der Waals surface area (Å²) in [5, 5.41) is -0.877. The highest BCUT2D eigenvalue weighted by Crippen LogP contribution is 2.33. The van der Waals surface area contributed by atoms with E-state index in [1.807, 2.05) is 0 Å². The molecular formula is C13H7BrClF3. The van der Waals surface area contributed by atoms with Crippen LogP contribution in [-0.4, -0.2) is 0 Å². The zero-order valence-corrected chi connectivity index (χ0v) is 11.3. The Morgan fingerprint density at radius 3 is 2.39 bits per heavy atom. The third-order valence-corrected chi connectivity index (χ3v) is 3.59. The average Bonchev–Trinajstić information content (AvgIpc) is 2.35. The second kappa shape index (κ2) is 5.33. The van der Waals surface area contributed by atoms with Gasteiger partial charge in [-0.05, 0) is 39.7 Å². The maximum atomic E-state index is 13.8. The van der Waals surface area contributed by atoms with Crippen LogP contribution in [0, 0.1) is 17.5 Å². The highest BCUT2D eigenvalue weighted by atomic mass is 79.9. The Morgan fingerprint density at radius 1 is 1.00 bits per heavy atom. The van der Waals surface area contributed by atoms with Crippen LogP contribution in [0.3, 0.4) is 0 Å². The van der Waals surface area contributed by atoms with Crippen molar-refractivity contribution in [3.8, 4) is 0 Å². The molecule has 2 rings (SSSR count). The molecule has 0 aliphatic heterocycles. The van der Waals surface area contributed by atoms with E-state index in [0.29, 0.717) is 5.56 Å². The van der Waals surface area contributed by atoms with Gasteiger partial charge >= 0.3 is 0 Å². The fourth-order valence-corrected chi connectivity index (χ4v) is 2.25. The van der Waals surface area contributed by atoms with Gasteiger partial charge in [0.25, 0.3) is 0 Å². The van der Waals surface area contributed by atoms with E-state index in [-0.39, 0.29) is 10.0 Å². The van der Waals surface area contributed by atoms with Crippen molar-refractivity contribution in [1.82, 2.24) is 0 Å². The molecule has 0 radical (unpaired) electrons. The minimum atomic E-state index is -1.01. The lowest BCUT2D eigenvalue weighted by Crippen LogP contribution is -1.99. The zero-order valence-electron chi connectivity index (χ0n) is 8.93. The van der Waals surface area contributed by atoms with Gasteiger partial charge in [0, 0.05) is 5.56 Å². The molecule has 0 nitrogen and oxygen atoms in total. The van der Waals surface area contributed by atoms with Gasteiger partial charge in [-0.2, -0.15) is 0 Å². The van der Waals surface area contributed by atoms with Crippen molar-refractivity contribution in [1.29, 1.82) is 0 Å². The molecule has 18 heavy (non-hydrogen) atoms. The number of hydrogen-bond acceptors (Lipinski definition) is 0. The molecule has 0 aromatic heterocycles. The first-order valence-corrected chi connectivity index (χ1v) is 6.26. The maximum absolute atomic E-state index is 13.8. The second-order valence-electron chi connectivity index (χ2n) is 3.68. The molecule has 0 spiro atoms. The molecule has 0 N–H and O–H groups in total. The van der Waals surface area contributed by atoms with Crippen LogP contribution in [0.5, 0.6) is 0 Å². The molecule has 0 heterocycles. The van der Waals surface area contributed by atoms with Crippen LogP contribution >= 0.6 is 27.5 Å². The van der Waals surface area contributed by atoms with Gasteiger partial charge in [0.15, 0.2) is 11.6 Å². The number of hydrogen-bond donors (Lipinski definition) is 0. The lowest BCUT2D eigenvalue weighted by molar-refractivity contribution is 0.507. The van der Waals surface area contributed by atoms with Gasteiger partial charge in [0.1, 0.15) is 5.82 Å². The molecule has 94 valence electrons. The van der Waals surface area contributed by atoms with Crippen molar-refractivity contribution >= 4 is 27.5 Å². The number of halogens is 5. The Labute approximate surface area is 116 Å². The minimum Gasteiger partial charge on any atom is -0.205 e. The van der Waals surface area contributed by atoms with Crippen LogP contribution in [0.4, 0.5) is 13.2 Å². The summed E-state index contributed by atoms with van der Waals surface area (Å²) < 4.78 is 40.0. The monoisotopic (exact) mass is 334 g/mol. The number of benzene rings is 2. The first-order valence-electron chi connectivity index (χ1n) is 5.03. The lowest BCUT2D eigenvalue weighted by Gasteiger charge is -2.12. The predicted molar refractivity (Wildman–Crippen MR) is 68.2 cm³/mol. The minimum absolute atomic E-state index is 0.206. The Kier molecular flexibility index (Phi) is 3.97. The van der Waals surface area contributed by atoms with Crippen molar-refractivity contribution < 1.29 is 13.2 Å². The van der Waals surface area contributed by atoms with E-state index in [1.165, 1.54) is 18.2 Å². The highest BCUT2D eigenvalue weighted by molar-refractivity contribution is 9.10. The van der Waals surface area contributed by atoms with Gasteiger partial charge in [0.05, 0.1) is 9.85 Å². The van der Waals surface area contributed by atoms with Crippen LogP contribution in [0.25, 0.3) is 0 Å². The average molecular weight is 336 g/mol. The standard InChI is InChI=1S/C13H7BrClF3/c14-9-3-1-2-8(13(9)18)12(15)7-4-5-10(16)11(17)6-7/h1-6,12H. The molecule has 0 saturated heterocycles. The van der Waals surface area contributed by atoms with E-state index in [1.54, 1.807) is 6.07 Å². The summed E-state index contributed by atoms with van der Waals surface area (Å²) in [5.74, 6) is -2.48. The van der Waals surface area contributed by atoms with Crippen LogP contribution in [0.15, 0.2) is 40.9 Å². The topological polar surface area (TPSA) is 0 Å². The van der Waals surface area contributed by atoms with Gasteiger partial charge in [-0.3, -0.25) is 0 Å². The van der Waals surface area contributed by atoms with Gasteiger partial charge < -0.3 is 0 Å². The quantitative estimate of drug-likeness (QED) is 0.662. The fraction of sp³-hybridized carbons (Fsp3) is 0.0769. The molecule has 0 aliphatic carbocycles. The molecular weight excluding hydrogens is 328 g/mol. The summed E-state index contributed by atoms with van der Waals surface area (Å²) in [6.07, 6.45) is 0. The molecule has 0 saturated carbocycles. The van der Waals surface area contributed by atoms with Crippen molar-refractivity contribution in [3.63, 3.8) is 0 Å². The summed E-state index contributed by atoms with van der Waals surface area (Å²) in [5.41, 5.74) is 0.504. The van der Waals surface area contributed by atoms with Crippen LogP contribution in [-0.2, 0) is 0 Å². The molecule has 0 amide bonds. The van der Waals surface area contributed by atoms with Crippen LogP contribution < -0.4 is 0 Å². The SMILES string of the molecule is Fc1ccc(C(Cl)c2cccc(Br)c2F)cc1F. The van der Waals surface area contributed by atoms with Crippen molar-refractivity contribution in [3.05, 3.63) is 69.4 Å². The van der Waals surface area contributed by atoms with Gasteiger partial charge in [-0.1, -0.05) is 18.2 Å². The first kappa shape index (κ1) is 13.4. The van der Waals surface area contributed by atoms with E-state index in [4.69, 9.17) is 11.6 Å². The first-order chi connectivity index (χ1) is 8.50. The summed E-state index contributed by atoms with van der Waals surface area (Å²) in [6.45, 7) is 0. The van der Waals surface area contributed by atoms with Crippen molar-refractivity contribution in [2.45, 2.75) is 5.38 Å². The third kappa shape index (κ3) is 2.54. The van der Waals surface area contributed by atoms with Gasteiger partial charge in [-0.25, -0.2) is 13.2 Å². The number of rotatable bonds is 2. The molecule has 0 aliphatic rings. The Balaban J connectivity index is 2.44. The normalized spacial score (nSPS) is 12.5. The van der Waals surface area contributed by atoms with Gasteiger partial charge in [0.2, 0.25) is 0 Å². The predicted octanol–water partition coefficient (Wildman–Crippen LogP) is 5.19. The third-order valence-electron chi connectivity index (χ3n) is 2.49. The summed E-state index contributed by atoms with van der Waals surface area (Å²) in [4.78, 5) is 0. The molecule has 0 fully saturated rings. The Bertz CT molecular complexity index is 586. The van der Waals surface area contributed by atoms with E-state index >= 15 is 0 Å². The van der Waals surface area contributed by atoms with E-state index in [9.17, 15) is 13.2 Å². The molecule has 2 aromatic carbocycles. The molecule has 5 heteroatoms. The summed E-state index contributed by atoms with van der Waals surface area (Å²) in [7, 11) is 0. The summed E-state index contributed by atoms with van der Waals surface area (Å²) >= 11 is 9.13. The van der Waals surface area contributed by atoms with E-state index in [2.05, 4.69) is 15.9 Å². The summed E-state index contributed by atoms with van der Waals surface area (Å²) in [6, 6.07) is 7.92. The largest absolute Gasteiger partial charge is 0.205 e. The van der Waals surface area contributed by atoms with Crippen LogP contribution in [0.1, 0.15) is 16.5 Å². The second-order valence-corrected chi connectivity index (χ2v) is 4.97. The smallest absolute Gasteiger partial charge is 0.159 e. The van der Waals surface area contributed by atoms with E-state index < -0.39 is 22.8 Å². The molecule has 0 bridgehead atoms. The highest BCUT2D eigenvalue weighted by Gasteiger charge is 2.18. The Morgan fingerprint density at radius 2 is 1.72 bits per heavy atom. The van der Waals surface area contributed by atoms with Gasteiger partial charge in [-0.15, -0.1) is 11.6 Å². The molecule has 1 atom stereocenters. The zero-order chi connectivity index (χ0) is 13.3. The Hall–Kier alpha value is -1.00. The van der Waals surface area contributed by atoms with Crippen molar-refractivity contribution in [2.75, 3.05) is 0 Å².